The van der Waals surface area contributed by atoms with E-state index >= 15 is 0 Å². The van der Waals surface area contributed by atoms with E-state index < -0.39 is 0 Å². The van der Waals surface area contributed by atoms with Crippen molar-refractivity contribution in [2.45, 2.75) is 58.9 Å². The van der Waals surface area contributed by atoms with Gasteiger partial charge in [0, 0.05) is 25.0 Å². The molecule has 1 aromatic rings. The molecule has 1 heterocycles. The zero-order valence-corrected chi connectivity index (χ0v) is 10.6. The molecule has 0 saturated heterocycles. The number of aromatic nitrogens is 1. The van der Waals surface area contributed by atoms with Crippen LogP contribution in [-0.2, 0) is 13.0 Å². The highest BCUT2D eigenvalue weighted by Gasteiger charge is 2.05. The molecular formula is C14H24FN. The average Bonchev–Trinajstić information content (AvgIpc) is 2.29. The topological polar surface area (TPSA) is 3.88 Å². The molecule has 1 aromatic heterocycles. The first-order valence-corrected chi connectivity index (χ1v) is 6.35. The highest BCUT2D eigenvalue weighted by Crippen LogP contribution is 2.02. The first-order chi connectivity index (χ1) is 7.38. The molecule has 1 nitrogen and oxygen atoms in total. The second-order valence-electron chi connectivity index (χ2n) is 4.15. The van der Waals surface area contributed by atoms with E-state index in [-0.39, 0.29) is 4.70 Å². The molecule has 92 valence electrons. The van der Waals surface area contributed by atoms with Gasteiger partial charge in [-0.25, -0.2) is 4.57 Å². The molecule has 16 heavy (non-hydrogen) atoms. The van der Waals surface area contributed by atoms with E-state index in [1.54, 1.807) is 0 Å². The predicted octanol–water partition coefficient (Wildman–Crippen LogP) is 0.511. The van der Waals surface area contributed by atoms with Gasteiger partial charge in [-0.1, -0.05) is 39.2 Å². The van der Waals surface area contributed by atoms with Crippen LogP contribution >= 0.6 is 0 Å². The fourth-order valence-electron chi connectivity index (χ4n) is 1.94. The van der Waals surface area contributed by atoms with Gasteiger partial charge in [0.15, 0.2) is 11.9 Å². The van der Waals surface area contributed by atoms with Gasteiger partial charge in [0.1, 0.15) is 6.54 Å². The van der Waals surface area contributed by atoms with E-state index in [4.69, 9.17) is 0 Å². The minimum atomic E-state index is 0. The minimum absolute atomic E-state index is 0. The number of aryl methyl sites for hydroxylation is 2. The number of unbranched alkanes of at least 4 members (excludes halogenated alkanes) is 4. The predicted molar refractivity (Wildman–Crippen MR) is 64.8 cm³/mol. The lowest BCUT2D eigenvalue weighted by Gasteiger charge is -2.01. The van der Waals surface area contributed by atoms with Crippen molar-refractivity contribution in [1.82, 2.24) is 0 Å². The first kappa shape index (κ1) is 15.1. The molecule has 0 aliphatic carbocycles. The van der Waals surface area contributed by atoms with Crippen LogP contribution in [0.1, 0.15) is 51.6 Å². The maximum Gasteiger partial charge on any atom is 0.181 e. The van der Waals surface area contributed by atoms with Crippen molar-refractivity contribution in [3.8, 4) is 0 Å². The molecule has 0 bridgehead atoms. The summed E-state index contributed by atoms with van der Waals surface area (Å²) >= 11 is 0. The largest absolute Gasteiger partial charge is 1.00 e. The second-order valence-corrected chi connectivity index (χ2v) is 4.15. The van der Waals surface area contributed by atoms with Crippen LogP contribution in [0.4, 0.5) is 0 Å². The standard InChI is InChI=1S/C14H24N.FH/c1-3-5-6-7-9-12-15-13-10-8-11-14(15)4-2;/h8,10-11,13H,3-7,9,12H2,1-2H3;1H/q+1;/p-1. The van der Waals surface area contributed by atoms with Crippen molar-refractivity contribution in [2.24, 2.45) is 0 Å². The summed E-state index contributed by atoms with van der Waals surface area (Å²) in [5.41, 5.74) is 1.45. The zero-order chi connectivity index (χ0) is 10.9. The summed E-state index contributed by atoms with van der Waals surface area (Å²) in [7, 11) is 0. The third-order valence-electron chi connectivity index (χ3n) is 2.90. The Bertz CT molecular complexity index is 273. The van der Waals surface area contributed by atoms with Crippen LogP contribution in [0.3, 0.4) is 0 Å². The molecule has 0 aliphatic rings. The lowest BCUT2D eigenvalue weighted by Crippen LogP contribution is -3.00. The highest BCUT2D eigenvalue weighted by molar-refractivity contribution is 4.96. The summed E-state index contributed by atoms with van der Waals surface area (Å²) < 4.78 is 2.39. The van der Waals surface area contributed by atoms with E-state index in [1.165, 1.54) is 44.3 Å². The van der Waals surface area contributed by atoms with Gasteiger partial charge in [0.05, 0.1) is 0 Å². The minimum Gasteiger partial charge on any atom is -1.00 e. The van der Waals surface area contributed by atoms with Crippen LogP contribution in [0, 0.1) is 0 Å². The Kier molecular flexibility index (Phi) is 8.78. The van der Waals surface area contributed by atoms with Gasteiger partial charge in [-0.15, -0.1) is 0 Å². The van der Waals surface area contributed by atoms with Crippen LogP contribution in [-0.4, -0.2) is 0 Å². The third kappa shape index (κ3) is 5.24. The molecule has 0 radical (unpaired) electrons. The first-order valence-electron chi connectivity index (χ1n) is 6.35. The number of pyridine rings is 1. The summed E-state index contributed by atoms with van der Waals surface area (Å²) in [6, 6.07) is 6.49. The van der Waals surface area contributed by atoms with E-state index in [0.717, 1.165) is 6.42 Å². The molecule has 0 N–H and O–H groups in total. The van der Waals surface area contributed by atoms with E-state index in [9.17, 15) is 0 Å². The van der Waals surface area contributed by atoms with Crippen molar-refractivity contribution in [2.75, 3.05) is 0 Å². The van der Waals surface area contributed by atoms with Gasteiger partial charge in [-0.2, -0.15) is 0 Å². The van der Waals surface area contributed by atoms with Gasteiger partial charge in [-0.05, 0) is 6.42 Å². The Balaban J connectivity index is 0.00000225. The molecule has 0 unspecified atom stereocenters. The fourth-order valence-corrected chi connectivity index (χ4v) is 1.94. The Morgan fingerprint density at radius 2 is 1.75 bits per heavy atom. The quantitative estimate of drug-likeness (QED) is 0.470. The number of rotatable bonds is 7. The van der Waals surface area contributed by atoms with Crippen molar-refractivity contribution < 1.29 is 9.27 Å². The lowest BCUT2D eigenvalue weighted by molar-refractivity contribution is -0.704. The zero-order valence-electron chi connectivity index (χ0n) is 10.6. The van der Waals surface area contributed by atoms with Gasteiger partial charge in [0.25, 0.3) is 0 Å². The highest BCUT2D eigenvalue weighted by atomic mass is 19.0. The molecule has 0 aromatic carbocycles. The summed E-state index contributed by atoms with van der Waals surface area (Å²) in [4.78, 5) is 0. The molecule has 1 rings (SSSR count). The van der Waals surface area contributed by atoms with Crippen LogP contribution in [0.2, 0.25) is 0 Å². The van der Waals surface area contributed by atoms with E-state index in [0.29, 0.717) is 0 Å². The number of hydrogen-bond acceptors (Lipinski definition) is 0. The van der Waals surface area contributed by atoms with Crippen LogP contribution in [0.15, 0.2) is 24.4 Å². The molecule has 2 heteroatoms. The van der Waals surface area contributed by atoms with Gasteiger partial charge in [-0.3, -0.25) is 0 Å². The van der Waals surface area contributed by atoms with Crippen LogP contribution in [0.5, 0.6) is 0 Å². The lowest BCUT2D eigenvalue weighted by atomic mass is 10.1. The van der Waals surface area contributed by atoms with Crippen molar-refractivity contribution in [3.63, 3.8) is 0 Å². The number of nitrogens with zero attached hydrogens (tertiary/aromatic N) is 1. The SMILES string of the molecule is CCCCCCC[n+]1ccccc1CC.[F-]. The van der Waals surface area contributed by atoms with Gasteiger partial charge >= 0.3 is 0 Å². The monoisotopic (exact) mass is 225 g/mol. The molecule has 0 spiro atoms. The van der Waals surface area contributed by atoms with Crippen molar-refractivity contribution in [1.29, 1.82) is 0 Å². The Hall–Kier alpha value is -0.920. The summed E-state index contributed by atoms with van der Waals surface area (Å²) in [6.07, 6.45) is 10.2. The van der Waals surface area contributed by atoms with E-state index in [1.807, 2.05) is 0 Å². The normalized spacial score (nSPS) is 9.88. The molecule has 0 atom stereocenters. The van der Waals surface area contributed by atoms with E-state index in [2.05, 4.69) is 42.8 Å². The molecule has 0 fully saturated rings. The van der Waals surface area contributed by atoms with Crippen molar-refractivity contribution >= 4 is 0 Å². The number of hydrogen-bond donors (Lipinski definition) is 0. The average molecular weight is 225 g/mol. The van der Waals surface area contributed by atoms with Gasteiger partial charge in [0.2, 0.25) is 0 Å². The van der Waals surface area contributed by atoms with Crippen LogP contribution in [0.25, 0.3) is 0 Å². The summed E-state index contributed by atoms with van der Waals surface area (Å²) in [6.45, 7) is 5.68. The Morgan fingerprint density at radius 1 is 1.00 bits per heavy atom. The van der Waals surface area contributed by atoms with Gasteiger partial charge < -0.3 is 4.70 Å². The molecule has 0 amide bonds. The second kappa shape index (κ2) is 9.32. The summed E-state index contributed by atoms with van der Waals surface area (Å²) in [5.74, 6) is 0. The van der Waals surface area contributed by atoms with Crippen LogP contribution < -0.4 is 9.27 Å². The molecule has 0 saturated carbocycles. The maximum absolute atomic E-state index is 2.39. The fraction of sp³-hybridized carbons (Fsp3) is 0.643. The molecule has 0 aliphatic heterocycles. The maximum atomic E-state index is 2.39. The third-order valence-corrected chi connectivity index (χ3v) is 2.90. The summed E-state index contributed by atoms with van der Waals surface area (Å²) in [5, 5.41) is 0. The van der Waals surface area contributed by atoms with Crippen molar-refractivity contribution in [3.05, 3.63) is 30.1 Å². The Labute approximate surface area is 98.9 Å². The number of halogens is 1. The molecular weight excluding hydrogens is 201 g/mol. The smallest absolute Gasteiger partial charge is 0.181 e. The Morgan fingerprint density at radius 3 is 2.44 bits per heavy atom.